The van der Waals surface area contributed by atoms with Crippen LogP contribution in [0.5, 0.6) is 0 Å². The van der Waals surface area contributed by atoms with Gasteiger partial charge in [0.1, 0.15) is 6.04 Å². The lowest BCUT2D eigenvalue weighted by molar-refractivity contribution is -0.139. The summed E-state index contributed by atoms with van der Waals surface area (Å²) in [6, 6.07) is 16.7. The SMILES string of the molecule is O=C(CNC(C(=O)O)c1ccccc1)c1ccccc1. The predicted molar refractivity (Wildman–Crippen MR) is 75.6 cm³/mol. The van der Waals surface area contributed by atoms with Crippen molar-refractivity contribution in [3.8, 4) is 0 Å². The van der Waals surface area contributed by atoms with Crippen molar-refractivity contribution in [1.29, 1.82) is 0 Å². The summed E-state index contributed by atoms with van der Waals surface area (Å²) in [6.45, 7) is -0.0180. The summed E-state index contributed by atoms with van der Waals surface area (Å²) in [4.78, 5) is 23.2. The Labute approximate surface area is 117 Å². The largest absolute Gasteiger partial charge is 0.480 e. The summed E-state index contributed by atoms with van der Waals surface area (Å²) in [5.41, 5.74) is 1.19. The number of nitrogens with one attached hydrogen (secondary N) is 1. The Hall–Kier alpha value is -2.46. The maximum absolute atomic E-state index is 11.9. The monoisotopic (exact) mass is 269 g/mol. The first-order valence-corrected chi connectivity index (χ1v) is 6.28. The van der Waals surface area contributed by atoms with Crippen molar-refractivity contribution in [1.82, 2.24) is 5.32 Å². The van der Waals surface area contributed by atoms with Gasteiger partial charge in [0.2, 0.25) is 0 Å². The first-order valence-electron chi connectivity index (χ1n) is 6.28. The normalized spacial score (nSPS) is 11.8. The van der Waals surface area contributed by atoms with E-state index in [4.69, 9.17) is 0 Å². The lowest BCUT2D eigenvalue weighted by Gasteiger charge is -2.14. The van der Waals surface area contributed by atoms with Crippen molar-refractivity contribution in [3.63, 3.8) is 0 Å². The van der Waals surface area contributed by atoms with Crippen LogP contribution in [0.25, 0.3) is 0 Å². The number of Topliss-reactive ketones (excluding diaryl/α,β-unsaturated/α-hetero) is 1. The number of ketones is 1. The van der Waals surface area contributed by atoms with Gasteiger partial charge in [0, 0.05) is 5.56 Å². The van der Waals surface area contributed by atoms with E-state index >= 15 is 0 Å². The molecule has 0 fully saturated rings. The van der Waals surface area contributed by atoms with Gasteiger partial charge in [-0.15, -0.1) is 0 Å². The Morgan fingerprint density at radius 1 is 0.950 bits per heavy atom. The van der Waals surface area contributed by atoms with Gasteiger partial charge >= 0.3 is 5.97 Å². The van der Waals surface area contributed by atoms with Crippen molar-refractivity contribution in [2.45, 2.75) is 6.04 Å². The molecule has 0 aromatic heterocycles. The van der Waals surface area contributed by atoms with Gasteiger partial charge in [-0.3, -0.25) is 14.9 Å². The van der Waals surface area contributed by atoms with Crippen LogP contribution in [0.4, 0.5) is 0 Å². The third kappa shape index (κ3) is 3.52. The quantitative estimate of drug-likeness (QED) is 0.790. The van der Waals surface area contributed by atoms with Crippen LogP contribution in [0.3, 0.4) is 0 Å². The number of aliphatic carboxylic acids is 1. The van der Waals surface area contributed by atoms with E-state index in [1.807, 2.05) is 12.1 Å². The molecule has 4 nitrogen and oxygen atoms in total. The highest BCUT2D eigenvalue weighted by molar-refractivity contribution is 5.97. The molecule has 2 rings (SSSR count). The van der Waals surface area contributed by atoms with E-state index in [-0.39, 0.29) is 12.3 Å². The van der Waals surface area contributed by atoms with Crippen molar-refractivity contribution < 1.29 is 14.7 Å². The molecule has 0 spiro atoms. The van der Waals surface area contributed by atoms with Gasteiger partial charge in [0.15, 0.2) is 5.78 Å². The van der Waals surface area contributed by atoms with E-state index in [9.17, 15) is 14.7 Å². The molecule has 0 saturated heterocycles. The van der Waals surface area contributed by atoms with Crippen LogP contribution in [0, 0.1) is 0 Å². The van der Waals surface area contributed by atoms with Gasteiger partial charge in [-0.1, -0.05) is 60.7 Å². The second-order valence-electron chi connectivity index (χ2n) is 4.35. The van der Waals surface area contributed by atoms with Crippen LogP contribution in [0.2, 0.25) is 0 Å². The van der Waals surface area contributed by atoms with Gasteiger partial charge in [0.25, 0.3) is 0 Å². The zero-order valence-corrected chi connectivity index (χ0v) is 10.8. The van der Waals surface area contributed by atoms with Crippen molar-refractivity contribution in [2.24, 2.45) is 0 Å². The topological polar surface area (TPSA) is 66.4 Å². The van der Waals surface area contributed by atoms with Crippen LogP contribution in [-0.2, 0) is 4.79 Å². The summed E-state index contributed by atoms with van der Waals surface area (Å²) in [7, 11) is 0. The van der Waals surface area contributed by atoms with Gasteiger partial charge in [-0.2, -0.15) is 0 Å². The standard InChI is InChI=1S/C16H15NO3/c18-14(12-7-3-1-4-8-12)11-17-15(16(19)20)13-9-5-2-6-10-13/h1-10,15,17H,11H2,(H,19,20). The molecule has 20 heavy (non-hydrogen) atoms. The summed E-state index contributed by atoms with van der Waals surface area (Å²) in [5.74, 6) is -1.13. The molecule has 0 saturated carbocycles. The molecule has 0 radical (unpaired) electrons. The molecule has 2 aromatic carbocycles. The van der Waals surface area contributed by atoms with Crippen LogP contribution in [0.1, 0.15) is 22.0 Å². The summed E-state index contributed by atoms with van der Waals surface area (Å²) in [5, 5.41) is 12.0. The van der Waals surface area contributed by atoms with Crippen molar-refractivity contribution in [2.75, 3.05) is 6.54 Å². The molecule has 102 valence electrons. The number of carbonyl (C=O) groups is 2. The number of carboxylic acids is 1. The summed E-state index contributed by atoms with van der Waals surface area (Å²) >= 11 is 0. The Morgan fingerprint density at radius 3 is 2.05 bits per heavy atom. The zero-order chi connectivity index (χ0) is 14.4. The molecule has 4 heteroatoms. The maximum atomic E-state index is 11.9. The molecule has 1 unspecified atom stereocenters. The second-order valence-corrected chi connectivity index (χ2v) is 4.35. The highest BCUT2D eigenvalue weighted by atomic mass is 16.4. The summed E-state index contributed by atoms with van der Waals surface area (Å²) < 4.78 is 0. The number of carboxylic acid groups (broad SMARTS) is 1. The fourth-order valence-electron chi connectivity index (χ4n) is 1.91. The lowest BCUT2D eigenvalue weighted by Crippen LogP contribution is -2.32. The van der Waals surface area contributed by atoms with Crippen LogP contribution in [0.15, 0.2) is 60.7 Å². The van der Waals surface area contributed by atoms with Gasteiger partial charge in [-0.05, 0) is 5.56 Å². The van der Waals surface area contributed by atoms with E-state index in [1.54, 1.807) is 48.5 Å². The van der Waals surface area contributed by atoms with Crippen LogP contribution in [-0.4, -0.2) is 23.4 Å². The predicted octanol–water partition coefficient (Wildman–Crippen LogP) is 2.28. The Bertz CT molecular complexity index is 581. The third-order valence-electron chi connectivity index (χ3n) is 2.94. The molecule has 1 atom stereocenters. The van der Waals surface area contributed by atoms with Crippen LogP contribution >= 0.6 is 0 Å². The maximum Gasteiger partial charge on any atom is 0.325 e. The first-order chi connectivity index (χ1) is 9.68. The van der Waals surface area contributed by atoms with E-state index in [0.29, 0.717) is 11.1 Å². The van der Waals surface area contributed by atoms with E-state index < -0.39 is 12.0 Å². The molecule has 0 heterocycles. The fraction of sp³-hybridized carbons (Fsp3) is 0.125. The molecular weight excluding hydrogens is 254 g/mol. The van der Waals surface area contributed by atoms with E-state index in [2.05, 4.69) is 5.32 Å². The summed E-state index contributed by atoms with van der Waals surface area (Å²) in [6.07, 6.45) is 0. The highest BCUT2D eigenvalue weighted by Crippen LogP contribution is 2.12. The molecule has 0 amide bonds. The first kappa shape index (κ1) is 14.0. The van der Waals surface area contributed by atoms with Crippen molar-refractivity contribution in [3.05, 3.63) is 71.8 Å². The second kappa shape index (κ2) is 6.63. The van der Waals surface area contributed by atoms with E-state index in [1.165, 1.54) is 0 Å². The van der Waals surface area contributed by atoms with Gasteiger partial charge in [-0.25, -0.2) is 0 Å². The number of carbonyl (C=O) groups excluding carboxylic acids is 1. The Balaban J connectivity index is 2.04. The minimum Gasteiger partial charge on any atom is -0.480 e. The molecule has 0 aliphatic carbocycles. The van der Waals surface area contributed by atoms with Crippen LogP contribution < -0.4 is 5.32 Å². The molecular formula is C16H15NO3. The molecule has 2 aromatic rings. The minimum absolute atomic E-state index is 0.0180. The number of hydrogen-bond donors (Lipinski definition) is 2. The zero-order valence-electron chi connectivity index (χ0n) is 10.8. The van der Waals surface area contributed by atoms with Gasteiger partial charge < -0.3 is 5.11 Å². The molecule has 0 aliphatic rings. The highest BCUT2D eigenvalue weighted by Gasteiger charge is 2.20. The number of benzene rings is 2. The minimum atomic E-state index is -1.00. The molecule has 0 bridgehead atoms. The molecule has 2 N–H and O–H groups in total. The van der Waals surface area contributed by atoms with Gasteiger partial charge in [0.05, 0.1) is 6.54 Å². The average molecular weight is 269 g/mol. The third-order valence-corrected chi connectivity index (χ3v) is 2.94. The smallest absolute Gasteiger partial charge is 0.325 e. The fourth-order valence-corrected chi connectivity index (χ4v) is 1.91. The Morgan fingerprint density at radius 2 is 1.50 bits per heavy atom. The lowest BCUT2D eigenvalue weighted by atomic mass is 10.1. The van der Waals surface area contributed by atoms with Crippen molar-refractivity contribution >= 4 is 11.8 Å². The number of rotatable bonds is 6. The Kier molecular flexibility index (Phi) is 4.63. The number of hydrogen-bond acceptors (Lipinski definition) is 3. The average Bonchev–Trinajstić information content (AvgIpc) is 2.49. The molecule has 0 aliphatic heterocycles. The van der Waals surface area contributed by atoms with E-state index in [0.717, 1.165) is 0 Å².